The molecule has 0 radical (unpaired) electrons. The predicted molar refractivity (Wildman–Crippen MR) is 73.9 cm³/mol. The van der Waals surface area contributed by atoms with E-state index in [-0.39, 0.29) is 12.3 Å². The maximum atomic E-state index is 12.3. The maximum absolute atomic E-state index is 12.3. The van der Waals surface area contributed by atoms with E-state index in [0.29, 0.717) is 12.6 Å². The minimum atomic E-state index is -1.00. The molecule has 5 heteroatoms. The van der Waals surface area contributed by atoms with Gasteiger partial charge in [-0.3, -0.25) is 9.59 Å². The van der Waals surface area contributed by atoms with E-state index in [1.54, 1.807) is 25.2 Å². The quantitative estimate of drug-likeness (QED) is 0.872. The van der Waals surface area contributed by atoms with Crippen LogP contribution in [0.3, 0.4) is 0 Å². The number of carbonyl (C=O) groups excluding carboxylic acids is 1. The molecule has 0 aliphatic heterocycles. The van der Waals surface area contributed by atoms with Gasteiger partial charge in [0.1, 0.15) is 0 Å². The summed E-state index contributed by atoms with van der Waals surface area (Å²) in [7, 11) is 0. The summed E-state index contributed by atoms with van der Waals surface area (Å²) in [6.07, 6.45) is 2.12. The summed E-state index contributed by atoms with van der Waals surface area (Å²) in [5.74, 6) is -0.978. The van der Waals surface area contributed by atoms with Crippen LogP contribution in [-0.2, 0) is 16.1 Å². The van der Waals surface area contributed by atoms with Crippen molar-refractivity contribution in [1.82, 2.24) is 4.90 Å². The van der Waals surface area contributed by atoms with Gasteiger partial charge in [0.25, 0.3) is 0 Å². The Morgan fingerprint density at radius 1 is 1.47 bits per heavy atom. The van der Waals surface area contributed by atoms with Crippen molar-refractivity contribution in [3.05, 3.63) is 22.4 Å². The van der Waals surface area contributed by atoms with Crippen LogP contribution in [0.2, 0.25) is 0 Å². The lowest BCUT2D eigenvalue weighted by Crippen LogP contribution is -2.37. The van der Waals surface area contributed by atoms with Gasteiger partial charge >= 0.3 is 5.97 Å². The van der Waals surface area contributed by atoms with Crippen molar-refractivity contribution in [3.63, 3.8) is 0 Å². The molecule has 1 N–H and O–H groups in total. The summed E-state index contributed by atoms with van der Waals surface area (Å²) in [5.41, 5.74) is 0.122. The van der Waals surface area contributed by atoms with Crippen LogP contribution in [0.25, 0.3) is 0 Å². The Hall–Kier alpha value is -1.36. The van der Waals surface area contributed by atoms with Crippen molar-refractivity contribution in [2.24, 2.45) is 5.41 Å². The number of carboxylic acids is 1. The van der Waals surface area contributed by atoms with Gasteiger partial charge in [-0.2, -0.15) is 11.3 Å². The second-order valence-corrected chi connectivity index (χ2v) is 6.53. The number of nitrogens with zero attached hydrogens (tertiary/aromatic N) is 1. The highest BCUT2D eigenvalue weighted by Crippen LogP contribution is 2.31. The molecule has 19 heavy (non-hydrogen) atoms. The number of thiophene rings is 1. The second-order valence-electron chi connectivity index (χ2n) is 5.75. The Labute approximate surface area is 117 Å². The lowest BCUT2D eigenvalue weighted by molar-refractivity contribution is -0.151. The van der Waals surface area contributed by atoms with Gasteiger partial charge in [-0.05, 0) is 49.1 Å². The van der Waals surface area contributed by atoms with Crippen LogP contribution in [0.4, 0.5) is 0 Å². The molecular formula is C14H19NO3S. The Bertz CT molecular complexity index is 463. The Balaban J connectivity index is 2.03. The van der Waals surface area contributed by atoms with Gasteiger partial charge in [-0.15, -0.1) is 0 Å². The molecule has 4 nitrogen and oxygen atoms in total. The maximum Gasteiger partial charge on any atom is 0.309 e. The summed E-state index contributed by atoms with van der Waals surface area (Å²) < 4.78 is 0. The molecule has 1 fully saturated rings. The summed E-state index contributed by atoms with van der Waals surface area (Å²) in [4.78, 5) is 25.3. The summed E-state index contributed by atoms with van der Waals surface area (Å²) >= 11 is 1.61. The van der Waals surface area contributed by atoms with Gasteiger partial charge in [-0.25, -0.2) is 0 Å². The smallest absolute Gasteiger partial charge is 0.309 e. The molecule has 0 atom stereocenters. The molecule has 1 aromatic rings. The van der Waals surface area contributed by atoms with E-state index in [9.17, 15) is 9.59 Å². The molecule has 1 saturated carbocycles. The summed E-state index contributed by atoms with van der Waals surface area (Å²) in [6, 6.07) is 2.31. The van der Waals surface area contributed by atoms with E-state index in [0.717, 1.165) is 18.4 Å². The SMILES string of the molecule is CC(C)(CC(=O)N(Cc1ccsc1)C1CC1)C(=O)O. The first-order valence-electron chi connectivity index (χ1n) is 6.44. The molecule has 0 aromatic carbocycles. The third-order valence-corrected chi connectivity index (χ3v) is 4.15. The zero-order valence-electron chi connectivity index (χ0n) is 11.3. The monoisotopic (exact) mass is 281 g/mol. The number of carbonyl (C=O) groups is 2. The van der Waals surface area contributed by atoms with Gasteiger partial charge < -0.3 is 10.0 Å². The molecule has 1 aromatic heterocycles. The molecule has 1 heterocycles. The van der Waals surface area contributed by atoms with Crippen molar-refractivity contribution in [3.8, 4) is 0 Å². The van der Waals surface area contributed by atoms with Gasteiger partial charge in [0.05, 0.1) is 5.41 Å². The first-order chi connectivity index (χ1) is 8.90. The van der Waals surface area contributed by atoms with Crippen molar-refractivity contribution in [2.75, 3.05) is 0 Å². The molecular weight excluding hydrogens is 262 g/mol. The first-order valence-corrected chi connectivity index (χ1v) is 7.38. The van der Waals surface area contributed by atoms with Crippen LogP contribution in [-0.4, -0.2) is 27.9 Å². The molecule has 0 unspecified atom stereocenters. The van der Waals surface area contributed by atoms with E-state index in [1.807, 2.05) is 21.7 Å². The minimum Gasteiger partial charge on any atom is -0.481 e. The molecule has 2 rings (SSSR count). The largest absolute Gasteiger partial charge is 0.481 e. The van der Waals surface area contributed by atoms with Crippen LogP contribution in [0.1, 0.15) is 38.7 Å². The zero-order chi connectivity index (χ0) is 14.0. The normalized spacial score (nSPS) is 15.3. The van der Waals surface area contributed by atoms with E-state index >= 15 is 0 Å². The third-order valence-electron chi connectivity index (χ3n) is 3.41. The Morgan fingerprint density at radius 2 is 2.16 bits per heavy atom. The number of amides is 1. The van der Waals surface area contributed by atoms with E-state index in [1.165, 1.54) is 0 Å². The fourth-order valence-electron chi connectivity index (χ4n) is 1.94. The number of hydrogen-bond acceptors (Lipinski definition) is 3. The fraction of sp³-hybridized carbons (Fsp3) is 0.571. The second kappa shape index (κ2) is 5.33. The van der Waals surface area contributed by atoms with E-state index < -0.39 is 11.4 Å². The highest BCUT2D eigenvalue weighted by molar-refractivity contribution is 7.07. The number of aliphatic carboxylic acids is 1. The molecule has 1 aliphatic rings. The average molecular weight is 281 g/mol. The van der Waals surface area contributed by atoms with Gasteiger partial charge in [0.2, 0.25) is 5.91 Å². The Morgan fingerprint density at radius 3 is 2.63 bits per heavy atom. The van der Waals surface area contributed by atoms with Crippen LogP contribution < -0.4 is 0 Å². The topological polar surface area (TPSA) is 57.6 Å². The minimum absolute atomic E-state index is 0.0545. The number of rotatable bonds is 6. The fourth-order valence-corrected chi connectivity index (χ4v) is 2.60. The lowest BCUT2D eigenvalue weighted by atomic mass is 9.89. The van der Waals surface area contributed by atoms with Crippen molar-refractivity contribution in [1.29, 1.82) is 0 Å². The molecule has 104 valence electrons. The van der Waals surface area contributed by atoms with E-state index in [4.69, 9.17) is 5.11 Å². The Kier molecular flexibility index (Phi) is 3.94. The van der Waals surface area contributed by atoms with Crippen LogP contribution >= 0.6 is 11.3 Å². The highest BCUT2D eigenvalue weighted by atomic mass is 32.1. The average Bonchev–Trinajstić information content (AvgIpc) is 3.02. The summed E-state index contributed by atoms with van der Waals surface area (Å²) in [6.45, 7) is 3.80. The predicted octanol–water partition coefficient (Wildman–Crippen LogP) is 2.74. The van der Waals surface area contributed by atoms with E-state index in [2.05, 4.69) is 0 Å². The molecule has 0 saturated heterocycles. The van der Waals surface area contributed by atoms with Crippen LogP contribution in [0.15, 0.2) is 16.8 Å². The zero-order valence-corrected chi connectivity index (χ0v) is 12.1. The van der Waals surface area contributed by atoms with Crippen LogP contribution in [0.5, 0.6) is 0 Å². The van der Waals surface area contributed by atoms with Crippen LogP contribution in [0, 0.1) is 5.41 Å². The third kappa shape index (κ3) is 3.56. The number of carboxylic acid groups (broad SMARTS) is 1. The first kappa shape index (κ1) is 14.1. The molecule has 0 bridgehead atoms. The summed E-state index contributed by atoms with van der Waals surface area (Å²) in [5, 5.41) is 13.1. The molecule has 1 aliphatic carbocycles. The highest BCUT2D eigenvalue weighted by Gasteiger charge is 2.37. The van der Waals surface area contributed by atoms with Gasteiger partial charge in [-0.1, -0.05) is 0 Å². The van der Waals surface area contributed by atoms with Gasteiger partial charge in [0.15, 0.2) is 0 Å². The lowest BCUT2D eigenvalue weighted by Gasteiger charge is -2.26. The van der Waals surface area contributed by atoms with Crippen molar-refractivity contribution in [2.45, 2.75) is 45.7 Å². The number of hydrogen-bond donors (Lipinski definition) is 1. The standard InChI is InChI=1S/C14H19NO3S/c1-14(2,13(17)18)7-12(16)15(11-3-4-11)8-10-5-6-19-9-10/h5-6,9,11H,3-4,7-8H2,1-2H3,(H,17,18). The van der Waals surface area contributed by atoms with Crippen molar-refractivity contribution < 1.29 is 14.7 Å². The van der Waals surface area contributed by atoms with Crippen molar-refractivity contribution >= 4 is 23.2 Å². The van der Waals surface area contributed by atoms with Gasteiger partial charge in [0, 0.05) is 19.0 Å². The molecule has 0 spiro atoms. The molecule has 1 amide bonds.